The molecule has 41 heavy (non-hydrogen) atoms. The van der Waals surface area contributed by atoms with Crippen LogP contribution in [0.25, 0.3) is 5.00 Å². The second-order valence-electron chi connectivity index (χ2n) is 9.23. The lowest BCUT2D eigenvalue weighted by atomic mass is 9.99. The number of halogens is 2. The molecular formula is C29H26Cl2N6O3S. The molecule has 1 atom stereocenters. The fourth-order valence-electron chi connectivity index (χ4n) is 4.58. The Hall–Kier alpha value is -4.01. The first-order valence-electron chi connectivity index (χ1n) is 12.4. The van der Waals surface area contributed by atoms with Gasteiger partial charge in [0.05, 0.1) is 24.2 Å². The van der Waals surface area contributed by atoms with Crippen LogP contribution in [0, 0.1) is 32.6 Å². The molecule has 210 valence electrons. The van der Waals surface area contributed by atoms with E-state index in [0.29, 0.717) is 22.4 Å². The highest BCUT2D eigenvalue weighted by Gasteiger charge is 2.32. The standard InChI is InChI=1S/C29H25ClN6O3S.ClH/c1-15-16(2)40-28-25(15)26(18-6-8-20(30)9-7-18)33-23(27-35-34-17(3)36(27)28)14-24(37)32-21-10-11-22(29(38)39)19(13-21)5-4-12-31;/h6-11,13,23H,12,14,31H2,1-3H3,(H,32,37)(H,38,39);1H/t23-;/m0./s1. The average molecular weight is 610 g/mol. The van der Waals surface area contributed by atoms with Crippen molar-refractivity contribution in [1.82, 2.24) is 14.8 Å². The minimum atomic E-state index is -1.12. The van der Waals surface area contributed by atoms with Crippen LogP contribution in [0.3, 0.4) is 0 Å². The third-order valence-electron chi connectivity index (χ3n) is 6.59. The number of carbonyl (C=O) groups excluding carboxylic acids is 1. The topological polar surface area (TPSA) is 135 Å². The molecule has 5 rings (SSSR count). The second-order valence-corrected chi connectivity index (χ2v) is 10.9. The summed E-state index contributed by atoms with van der Waals surface area (Å²) in [7, 11) is 0. The van der Waals surface area contributed by atoms with E-state index in [9.17, 15) is 14.7 Å². The number of amides is 1. The normalized spacial score (nSPS) is 13.5. The maximum Gasteiger partial charge on any atom is 0.336 e. The summed E-state index contributed by atoms with van der Waals surface area (Å²) >= 11 is 7.81. The van der Waals surface area contributed by atoms with Crippen molar-refractivity contribution in [3.63, 3.8) is 0 Å². The number of nitrogens with zero attached hydrogens (tertiary/aromatic N) is 4. The summed E-state index contributed by atoms with van der Waals surface area (Å²) in [5, 5.41) is 22.7. The Bertz CT molecular complexity index is 1750. The highest BCUT2D eigenvalue weighted by atomic mass is 35.5. The van der Waals surface area contributed by atoms with Crippen LogP contribution in [0.2, 0.25) is 5.02 Å². The van der Waals surface area contributed by atoms with Crippen LogP contribution in [0.15, 0.2) is 47.5 Å². The molecule has 0 spiro atoms. The first kappa shape index (κ1) is 30.0. The summed E-state index contributed by atoms with van der Waals surface area (Å²) < 4.78 is 1.98. The molecule has 1 aliphatic rings. The minimum Gasteiger partial charge on any atom is -0.478 e. The summed E-state index contributed by atoms with van der Waals surface area (Å²) in [6.07, 6.45) is -0.0211. The number of rotatable bonds is 5. The van der Waals surface area contributed by atoms with Crippen molar-refractivity contribution in [2.75, 3.05) is 11.9 Å². The molecule has 0 bridgehead atoms. The van der Waals surface area contributed by atoms with Crippen LogP contribution in [0.1, 0.15) is 61.6 Å². The van der Waals surface area contributed by atoms with Crippen molar-refractivity contribution in [3.05, 3.63) is 91.8 Å². The number of benzene rings is 2. The lowest BCUT2D eigenvalue weighted by Gasteiger charge is -2.13. The lowest BCUT2D eigenvalue weighted by molar-refractivity contribution is -0.116. The average Bonchev–Trinajstić information content (AvgIpc) is 3.40. The zero-order valence-corrected chi connectivity index (χ0v) is 24.7. The highest BCUT2D eigenvalue weighted by Crippen LogP contribution is 2.39. The number of carboxylic acids is 1. The van der Waals surface area contributed by atoms with Gasteiger partial charge in [0, 0.05) is 32.3 Å². The third-order valence-corrected chi connectivity index (χ3v) is 8.04. The van der Waals surface area contributed by atoms with Gasteiger partial charge in [0.1, 0.15) is 16.9 Å². The SMILES string of the molecule is Cc1sc2c(c1C)C(c1ccc(Cl)cc1)=N[C@@H](CC(=O)Nc1ccc(C(=O)O)c(C#CCN)c1)c1nnc(C)n1-2.Cl. The second kappa shape index (κ2) is 12.2. The van der Waals surface area contributed by atoms with Crippen LogP contribution in [-0.4, -0.2) is 44.0 Å². The number of nitrogens with two attached hydrogens (primary N) is 1. The Morgan fingerprint density at radius 2 is 1.88 bits per heavy atom. The van der Waals surface area contributed by atoms with Crippen molar-refractivity contribution in [2.45, 2.75) is 33.2 Å². The van der Waals surface area contributed by atoms with Gasteiger partial charge in [-0.25, -0.2) is 4.79 Å². The Morgan fingerprint density at radius 1 is 1.15 bits per heavy atom. The third kappa shape index (κ3) is 5.89. The van der Waals surface area contributed by atoms with Crippen molar-refractivity contribution >= 4 is 58.6 Å². The number of aliphatic imine (C=N–C) groups is 1. The van der Waals surface area contributed by atoms with Crippen molar-refractivity contribution < 1.29 is 14.7 Å². The fourth-order valence-corrected chi connectivity index (χ4v) is 5.92. The zero-order chi connectivity index (χ0) is 28.6. The number of anilines is 1. The van der Waals surface area contributed by atoms with Gasteiger partial charge in [0.2, 0.25) is 5.91 Å². The fraction of sp³-hybridized carbons (Fsp3) is 0.207. The van der Waals surface area contributed by atoms with Crippen LogP contribution >= 0.6 is 35.3 Å². The summed E-state index contributed by atoms with van der Waals surface area (Å²) in [5.41, 5.74) is 9.86. The molecule has 4 N–H and O–H groups in total. The maximum absolute atomic E-state index is 13.3. The number of hydrogen-bond acceptors (Lipinski definition) is 7. The molecule has 9 nitrogen and oxygen atoms in total. The monoisotopic (exact) mass is 608 g/mol. The van der Waals surface area contributed by atoms with Gasteiger partial charge in [-0.05, 0) is 56.7 Å². The molecule has 1 aliphatic heterocycles. The maximum atomic E-state index is 13.3. The molecule has 4 aromatic rings. The van der Waals surface area contributed by atoms with E-state index in [2.05, 4.69) is 41.2 Å². The van der Waals surface area contributed by atoms with E-state index in [0.717, 1.165) is 32.3 Å². The number of fused-ring (bicyclic) bond motifs is 3. The van der Waals surface area contributed by atoms with Gasteiger partial charge in [-0.3, -0.25) is 14.4 Å². The number of aromatic nitrogens is 3. The van der Waals surface area contributed by atoms with E-state index < -0.39 is 12.0 Å². The van der Waals surface area contributed by atoms with E-state index in [4.69, 9.17) is 22.3 Å². The Balaban J connectivity index is 0.00000387. The molecule has 12 heteroatoms. The molecule has 0 saturated heterocycles. The van der Waals surface area contributed by atoms with E-state index in [1.165, 1.54) is 18.2 Å². The van der Waals surface area contributed by atoms with Crippen molar-refractivity contribution in [2.24, 2.45) is 10.7 Å². The van der Waals surface area contributed by atoms with Gasteiger partial charge in [-0.1, -0.05) is 35.6 Å². The predicted octanol–water partition coefficient (Wildman–Crippen LogP) is 5.26. The Labute approximate surface area is 251 Å². The predicted molar refractivity (Wildman–Crippen MR) is 163 cm³/mol. The van der Waals surface area contributed by atoms with E-state index in [1.54, 1.807) is 11.3 Å². The molecular weight excluding hydrogens is 583 g/mol. The molecule has 2 aromatic carbocycles. The molecule has 0 saturated carbocycles. The van der Waals surface area contributed by atoms with Gasteiger partial charge < -0.3 is 16.2 Å². The first-order chi connectivity index (χ1) is 19.2. The Kier molecular flexibility index (Phi) is 8.95. The quantitative estimate of drug-likeness (QED) is 0.264. The number of aryl methyl sites for hydroxylation is 2. The lowest BCUT2D eigenvalue weighted by Crippen LogP contribution is -2.17. The highest BCUT2D eigenvalue weighted by molar-refractivity contribution is 7.15. The van der Waals surface area contributed by atoms with E-state index in [-0.39, 0.29) is 42.4 Å². The van der Waals surface area contributed by atoms with Gasteiger partial charge in [0.15, 0.2) is 5.82 Å². The summed E-state index contributed by atoms with van der Waals surface area (Å²) in [6.45, 7) is 6.09. The zero-order valence-electron chi connectivity index (χ0n) is 22.4. The van der Waals surface area contributed by atoms with Crippen LogP contribution < -0.4 is 11.1 Å². The summed E-state index contributed by atoms with van der Waals surface area (Å²) in [5.74, 6) is 5.24. The largest absolute Gasteiger partial charge is 0.478 e. The number of nitrogens with one attached hydrogen (secondary N) is 1. The molecule has 3 heterocycles. The van der Waals surface area contributed by atoms with Gasteiger partial charge in [-0.2, -0.15) is 0 Å². The molecule has 0 aliphatic carbocycles. The molecule has 2 aromatic heterocycles. The number of thiophene rings is 1. The van der Waals surface area contributed by atoms with Gasteiger partial charge in [-0.15, -0.1) is 33.9 Å². The molecule has 1 amide bonds. The van der Waals surface area contributed by atoms with Crippen LogP contribution in [0.4, 0.5) is 5.69 Å². The molecule has 0 unspecified atom stereocenters. The van der Waals surface area contributed by atoms with Crippen molar-refractivity contribution in [3.8, 4) is 16.8 Å². The van der Waals surface area contributed by atoms with E-state index in [1.807, 2.05) is 35.8 Å². The van der Waals surface area contributed by atoms with Crippen LogP contribution in [-0.2, 0) is 4.79 Å². The molecule has 0 fully saturated rings. The summed E-state index contributed by atoms with van der Waals surface area (Å²) in [4.78, 5) is 31.2. The molecule has 0 radical (unpaired) electrons. The van der Waals surface area contributed by atoms with E-state index >= 15 is 0 Å². The smallest absolute Gasteiger partial charge is 0.336 e. The van der Waals surface area contributed by atoms with Crippen molar-refractivity contribution in [1.29, 1.82) is 0 Å². The number of carbonyl (C=O) groups is 2. The number of hydrogen-bond donors (Lipinski definition) is 3. The Morgan fingerprint density at radius 3 is 2.56 bits per heavy atom. The van der Waals surface area contributed by atoms with Crippen LogP contribution in [0.5, 0.6) is 0 Å². The number of carboxylic acid groups (broad SMARTS) is 1. The van der Waals surface area contributed by atoms with Gasteiger partial charge >= 0.3 is 5.97 Å². The minimum absolute atomic E-state index is 0. The number of aromatic carboxylic acids is 1. The summed E-state index contributed by atoms with van der Waals surface area (Å²) in [6, 6.07) is 11.3. The van der Waals surface area contributed by atoms with Gasteiger partial charge in [0.25, 0.3) is 0 Å². The first-order valence-corrected chi connectivity index (χ1v) is 13.6.